The molecule has 1 saturated carbocycles. The number of fused-ring (bicyclic) bond motifs is 1. The van der Waals surface area contributed by atoms with Crippen LogP contribution >= 0.6 is 0 Å². The standard InChI is InChI=1S/C16H21NO2/c1-2-19-15-7-6-12-13(17-15)10-16(11-14(12)18)8-4-3-5-9-16/h6-7H,2-5,8-11H2,1H3. The Kier molecular flexibility index (Phi) is 3.29. The molecule has 1 heterocycles. The molecule has 0 aliphatic heterocycles. The van der Waals surface area contributed by atoms with Crippen LogP contribution in [-0.2, 0) is 6.42 Å². The van der Waals surface area contributed by atoms with E-state index in [1.807, 2.05) is 19.1 Å². The van der Waals surface area contributed by atoms with E-state index < -0.39 is 0 Å². The molecule has 0 saturated heterocycles. The molecular formula is C16H21NO2. The van der Waals surface area contributed by atoms with Crippen molar-refractivity contribution < 1.29 is 9.53 Å². The minimum atomic E-state index is 0.195. The zero-order valence-electron chi connectivity index (χ0n) is 11.6. The van der Waals surface area contributed by atoms with Crippen LogP contribution in [0.5, 0.6) is 5.88 Å². The van der Waals surface area contributed by atoms with Gasteiger partial charge in [-0.1, -0.05) is 19.3 Å². The van der Waals surface area contributed by atoms with Gasteiger partial charge < -0.3 is 4.74 Å². The molecule has 0 N–H and O–H groups in total. The van der Waals surface area contributed by atoms with Crippen LogP contribution in [0.25, 0.3) is 0 Å². The maximum absolute atomic E-state index is 12.3. The fourth-order valence-corrected chi connectivity index (χ4v) is 3.61. The molecular weight excluding hydrogens is 238 g/mol. The van der Waals surface area contributed by atoms with Gasteiger partial charge in [-0.25, -0.2) is 4.98 Å². The van der Waals surface area contributed by atoms with Crippen molar-refractivity contribution in [2.75, 3.05) is 6.61 Å². The first-order chi connectivity index (χ1) is 9.22. The van der Waals surface area contributed by atoms with Gasteiger partial charge in [0.1, 0.15) is 0 Å². The first kappa shape index (κ1) is 12.6. The smallest absolute Gasteiger partial charge is 0.213 e. The molecule has 3 rings (SSSR count). The van der Waals surface area contributed by atoms with Crippen molar-refractivity contribution in [3.63, 3.8) is 0 Å². The number of aromatic nitrogens is 1. The molecule has 0 bridgehead atoms. The van der Waals surface area contributed by atoms with Crippen LogP contribution in [0.1, 0.15) is 61.5 Å². The highest BCUT2D eigenvalue weighted by Crippen LogP contribution is 2.46. The minimum absolute atomic E-state index is 0.195. The van der Waals surface area contributed by atoms with Crippen LogP contribution in [0.2, 0.25) is 0 Å². The lowest BCUT2D eigenvalue weighted by atomic mass is 9.64. The lowest BCUT2D eigenvalue weighted by molar-refractivity contribution is 0.0817. The topological polar surface area (TPSA) is 39.2 Å². The van der Waals surface area contributed by atoms with Crippen molar-refractivity contribution in [2.45, 2.75) is 51.9 Å². The average Bonchev–Trinajstić information content (AvgIpc) is 2.39. The van der Waals surface area contributed by atoms with Gasteiger partial charge in [0.05, 0.1) is 12.3 Å². The van der Waals surface area contributed by atoms with E-state index in [0.717, 1.165) is 24.1 Å². The molecule has 1 spiro atoms. The average molecular weight is 259 g/mol. The van der Waals surface area contributed by atoms with Crippen molar-refractivity contribution in [2.24, 2.45) is 5.41 Å². The molecule has 0 aromatic carbocycles. The fourth-order valence-electron chi connectivity index (χ4n) is 3.61. The lowest BCUT2D eigenvalue weighted by Gasteiger charge is -2.39. The summed E-state index contributed by atoms with van der Waals surface area (Å²) in [5, 5.41) is 0. The monoisotopic (exact) mass is 259 g/mol. The first-order valence-corrected chi connectivity index (χ1v) is 7.38. The molecule has 0 amide bonds. The van der Waals surface area contributed by atoms with E-state index >= 15 is 0 Å². The van der Waals surface area contributed by atoms with Gasteiger partial charge in [0.25, 0.3) is 0 Å². The summed E-state index contributed by atoms with van der Waals surface area (Å²) in [5.41, 5.74) is 1.98. The summed E-state index contributed by atoms with van der Waals surface area (Å²) in [5.74, 6) is 0.931. The van der Waals surface area contributed by atoms with Crippen LogP contribution in [0.3, 0.4) is 0 Å². The van der Waals surface area contributed by atoms with Crippen molar-refractivity contribution >= 4 is 5.78 Å². The molecule has 0 radical (unpaired) electrons. The predicted molar refractivity (Wildman–Crippen MR) is 73.6 cm³/mol. The number of rotatable bonds is 2. The maximum Gasteiger partial charge on any atom is 0.213 e. The van der Waals surface area contributed by atoms with E-state index in [2.05, 4.69) is 4.98 Å². The summed E-state index contributed by atoms with van der Waals surface area (Å²) in [4.78, 5) is 16.9. The van der Waals surface area contributed by atoms with Crippen LogP contribution in [0.15, 0.2) is 12.1 Å². The normalized spacial score (nSPS) is 21.2. The van der Waals surface area contributed by atoms with Gasteiger partial charge in [-0.3, -0.25) is 4.79 Å². The van der Waals surface area contributed by atoms with Crippen LogP contribution < -0.4 is 4.74 Å². The Morgan fingerprint density at radius 3 is 2.74 bits per heavy atom. The third-order valence-electron chi connectivity index (χ3n) is 4.53. The van der Waals surface area contributed by atoms with Gasteiger partial charge in [0.2, 0.25) is 5.88 Å². The van der Waals surface area contributed by atoms with Gasteiger partial charge in [-0.05, 0) is 37.7 Å². The Hall–Kier alpha value is -1.38. The summed E-state index contributed by atoms with van der Waals surface area (Å²) < 4.78 is 5.46. The van der Waals surface area contributed by atoms with Gasteiger partial charge in [-0.2, -0.15) is 0 Å². The van der Waals surface area contributed by atoms with E-state index in [9.17, 15) is 4.79 Å². The Morgan fingerprint density at radius 1 is 1.21 bits per heavy atom. The van der Waals surface area contributed by atoms with Crippen LogP contribution in [0.4, 0.5) is 0 Å². The Labute approximate surface area is 114 Å². The zero-order valence-corrected chi connectivity index (χ0v) is 11.6. The SMILES string of the molecule is CCOc1ccc2c(n1)CC1(CCCCC1)CC2=O. The number of hydrogen-bond donors (Lipinski definition) is 0. The number of hydrogen-bond acceptors (Lipinski definition) is 3. The van der Waals surface area contributed by atoms with Gasteiger partial charge >= 0.3 is 0 Å². The van der Waals surface area contributed by atoms with Crippen LogP contribution in [-0.4, -0.2) is 17.4 Å². The Balaban J connectivity index is 1.92. The Morgan fingerprint density at radius 2 is 2.00 bits per heavy atom. The van der Waals surface area contributed by atoms with Gasteiger partial charge in [0.15, 0.2) is 5.78 Å². The number of Topliss-reactive ketones (excluding diaryl/α,β-unsaturated/α-hetero) is 1. The van der Waals surface area contributed by atoms with E-state index in [4.69, 9.17) is 4.74 Å². The molecule has 19 heavy (non-hydrogen) atoms. The molecule has 1 fully saturated rings. The number of carbonyl (C=O) groups excluding carboxylic acids is 1. The maximum atomic E-state index is 12.3. The summed E-state index contributed by atoms with van der Waals surface area (Å²) in [6, 6.07) is 3.71. The first-order valence-electron chi connectivity index (χ1n) is 7.38. The molecule has 3 heteroatoms. The zero-order chi connectivity index (χ0) is 13.3. The number of ketones is 1. The molecule has 2 aliphatic rings. The number of carbonyl (C=O) groups is 1. The van der Waals surface area contributed by atoms with E-state index in [1.165, 1.54) is 32.1 Å². The predicted octanol–water partition coefficient (Wildman–Crippen LogP) is 3.56. The highest BCUT2D eigenvalue weighted by atomic mass is 16.5. The molecule has 1 aromatic rings. The minimum Gasteiger partial charge on any atom is -0.478 e. The summed E-state index contributed by atoms with van der Waals surface area (Å²) in [7, 11) is 0. The van der Waals surface area contributed by atoms with E-state index in [0.29, 0.717) is 12.5 Å². The fraction of sp³-hybridized carbons (Fsp3) is 0.625. The second-order valence-electron chi connectivity index (χ2n) is 5.91. The molecule has 0 unspecified atom stereocenters. The summed E-state index contributed by atoms with van der Waals surface area (Å²) in [6.07, 6.45) is 7.86. The second-order valence-corrected chi connectivity index (χ2v) is 5.91. The molecule has 0 atom stereocenters. The van der Waals surface area contributed by atoms with Crippen molar-refractivity contribution in [3.8, 4) is 5.88 Å². The molecule has 1 aromatic heterocycles. The number of nitrogens with zero attached hydrogens (tertiary/aromatic N) is 1. The third-order valence-corrected chi connectivity index (χ3v) is 4.53. The molecule has 102 valence electrons. The molecule has 3 nitrogen and oxygen atoms in total. The van der Waals surface area contributed by atoms with Gasteiger partial charge in [-0.15, -0.1) is 0 Å². The van der Waals surface area contributed by atoms with E-state index in [-0.39, 0.29) is 11.2 Å². The quantitative estimate of drug-likeness (QED) is 0.815. The van der Waals surface area contributed by atoms with E-state index in [1.54, 1.807) is 0 Å². The number of pyridine rings is 1. The lowest BCUT2D eigenvalue weighted by Crippen LogP contribution is -2.35. The van der Waals surface area contributed by atoms with Crippen molar-refractivity contribution in [1.82, 2.24) is 4.98 Å². The van der Waals surface area contributed by atoms with Crippen molar-refractivity contribution in [1.29, 1.82) is 0 Å². The van der Waals surface area contributed by atoms with Gasteiger partial charge in [0, 0.05) is 18.1 Å². The Bertz CT molecular complexity index is 490. The second kappa shape index (κ2) is 4.95. The highest BCUT2D eigenvalue weighted by molar-refractivity contribution is 5.98. The third kappa shape index (κ3) is 2.38. The summed E-state index contributed by atoms with van der Waals surface area (Å²) in [6.45, 7) is 2.57. The molecule has 2 aliphatic carbocycles. The van der Waals surface area contributed by atoms with Crippen LogP contribution in [0, 0.1) is 5.41 Å². The highest BCUT2D eigenvalue weighted by Gasteiger charge is 2.40. The largest absolute Gasteiger partial charge is 0.478 e. The summed E-state index contributed by atoms with van der Waals surface area (Å²) >= 11 is 0. The van der Waals surface area contributed by atoms with Crippen molar-refractivity contribution in [3.05, 3.63) is 23.4 Å². The number of ether oxygens (including phenoxy) is 1.